The summed E-state index contributed by atoms with van der Waals surface area (Å²) in [6.45, 7) is 7.27. The van der Waals surface area contributed by atoms with Crippen LogP contribution in [-0.4, -0.2) is 41.7 Å². The molecule has 1 heterocycles. The van der Waals surface area contributed by atoms with Crippen molar-refractivity contribution in [2.45, 2.75) is 39.9 Å². The Bertz CT molecular complexity index is 413. The van der Waals surface area contributed by atoms with Gasteiger partial charge in [-0.2, -0.15) is 5.10 Å². The quantitative estimate of drug-likeness (QED) is 0.379. The van der Waals surface area contributed by atoms with Crippen molar-refractivity contribution in [3.63, 3.8) is 0 Å². The largest absolute Gasteiger partial charge is 0.336 e. The zero-order valence-electron chi connectivity index (χ0n) is 12.1. The van der Waals surface area contributed by atoms with Crippen LogP contribution in [-0.2, 0) is 13.6 Å². The van der Waals surface area contributed by atoms with E-state index in [2.05, 4.69) is 15.2 Å². The first kappa shape index (κ1) is 20.0. The molecule has 0 saturated heterocycles. The highest BCUT2D eigenvalue weighted by atomic mass is 79.9. The predicted molar refractivity (Wildman–Crippen MR) is 92.1 cm³/mol. The molecule has 0 spiro atoms. The molecular formula is C11H21BrN3O3PS. The van der Waals surface area contributed by atoms with E-state index >= 15 is 0 Å². The Hall–Kier alpha value is -0.0100. The van der Waals surface area contributed by atoms with Gasteiger partial charge in [0.1, 0.15) is 0 Å². The Labute approximate surface area is 134 Å². The summed E-state index contributed by atoms with van der Waals surface area (Å²) in [5, 5.41) is 8.36. The SMILES string of the molecule is Br.CC(C)OP(=O)(C/C=N/N=C1\N=CCS1)OC(C)C. The second kappa shape index (κ2) is 9.84. The molecular weight excluding hydrogens is 365 g/mol. The lowest BCUT2D eigenvalue weighted by molar-refractivity contribution is 0.145. The van der Waals surface area contributed by atoms with Gasteiger partial charge in [0.25, 0.3) is 0 Å². The van der Waals surface area contributed by atoms with Gasteiger partial charge in [-0.1, -0.05) is 11.8 Å². The van der Waals surface area contributed by atoms with Gasteiger partial charge in [0.2, 0.25) is 5.17 Å². The standard InChI is InChI=1S/C11H20N3O3PS.BrH/c1-9(2)16-18(15,17-10(3)4)7-5-13-14-11-12-6-8-19-11;/h5-6,9-10H,7-8H2,1-4H3;1H/b13-5+,14-11+;. The molecule has 0 aromatic carbocycles. The minimum absolute atomic E-state index is 0. The van der Waals surface area contributed by atoms with Crippen LogP contribution >= 0.6 is 36.3 Å². The number of thioether (sulfide) groups is 1. The van der Waals surface area contributed by atoms with Gasteiger partial charge in [-0.3, -0.25) is 4.57 Å². The van der Waals surface area contributed by atoms with E-state index in [0.29, 0.717) is 5.17 Å². The Morgan fingerprint density at radius 2 is 2.00 bits per heavy atom. The van der Waals surface area contributed by atoms with Crippen LogP contribution in [0.15, 0.2) is 15.2 Å². The fourth-order valence-corrected chi connectivity index (χ4v) is 3.63. The normalized spacial score (nSPS) is 17.6. The van der Waals surface area contributed by atoms with Crippen molar-refractivity contribution in [2.24, 2.45) is 15.2 Å². The third-order valence-corrected chi connectivity index (χ3v) is 4.62. The van der Waals surface area contributed by atoms with E-state index in [0.717, 1.165) is 5.75 Å². The molecule has 0 aromatic rings. The van der Waals surface area contributed by atoms with Gasteiger partial charge in [0.15, 0.2) is 0 Å². The molecule has 0 amide bonds. The molecule has 0 aromatic heterocycles. The van der Waals surface area contributed by atoms with E-state index in [9.17, 15) is 4.57 Å². The van der Waals surface area contributed by atoms with E-state index in [4.69, 9.17) is 9.05 Å². The highest BCUT2D eigenvalue weighted by Crippen LogP contribution is 2.49. The third kappa shape index (κ3) is 8.32. The topological polar surface area (TPSA) is 72.6 Å². The molecule has 0 N–H and O–H groups in total. The van der Waals surface area contributed by atoms with Crippen LogP contribution in [0.5, 0.6) is 0 Å². The molecule has 1 aliphatic heterocycles. The summed E-state index contributed by atoms with van der Waals surface area (Å²) < 4.78 is 23.2. The Morgan fingerprint density at radius 3 is 2.45 bits per heavy atom. The van der Waals surface area contributed by atoms with Crippen molar-refractivity contribution in [1.29, 1.82) is 0 Å². The van der Waals surface area contributed by atoms with Crippen molar-refractivity contribution in [2.75, 3.05) is 11.9 Å². The zero-order valence-corrected chi connectivity index (χ0v) is 15.5. The Morgan fingerprint density at radius 1 is 1.40 bits per heavy atom. The number of halogens is 1. The van der Waals surface area contributed by atoms with E-state index < -0.39 is 7.60 Å². The maximum Gasteiger partial charge on any atom is 0.336 e. The Balaban J connectivity index is 0.00000361. The monoisotopic (exact) mass is 385 g/mol. The van der Waals surface area contributed by atoms with E-state index in [1.165, 1.54) is 18.0 Å². The van der Waals surface area contributed by atoms with Gasteiger partial charge in [0.05, 0.1) is 18.4 Å². The lowest BCUT2D eigenvalue weighted by Gasteiger charge is -2.21. The molecule has 0 aliphatic carbocycles. The lowest BCUT2D eigenvalue weighted by atomic mass is 10.5. The maximum absolute atomic E-state index is 12.4. The highest BCUT2D eigenvalue weighted by molar-refractivity contribution is 8.93. The van der Waals surface area contributed by atoms with Gasteiger partial charge < -0.3 is 9.05 Å². The van der Waals surface area contributed by atoms with Crippen LogP contribution in [0.25, 0.3) is 0 Å². The van der Waals surface area contributed by atoms with Crippen LogP contribution in [0.1, 0.15) is 27.7 Å². The van der Waals surface area contributed by atoms with Crippen LogP contribution in [0.4, 0.5) is 0 Å². The van der Waals surface area contributed by atoms with Gasteiger partial charge in [-0.15, -0.1) is 22.1 Å². The van der Waals surface area contributed by atoms with Gasteiger partial charge in [-0.25, -0.2) is 4.99 Å². The van der Waals surface area contributed by atoms with Crippen molar-refractivity contribution in [3.05, 3.63) is 0 Å². The first-order chi connectivity index (χ1) is 8.91. The number of aliphatic imine (C=N–C) groups is 1. The second-order valence-corrected chi connectivity index (χ2v) is 7.40. The highest BCUT2D eigenvalue weighted by Gasteiger charge is 2.26. The molecule has 0 unspecified atom stereocenters. The summed E-state index contributed by atoms with van der Waals surface area (Å²) in [4.78, 5) is 4.01. The molecule has 6 nitrogen and oxygen atoms in total. The first-order valence-corrected chi connectivity index (χ1v) is 8.83. The van der Waals surface area contributed by atoms with Crippen LogP contribution in [0.3, 0.4) is 0 Å². The molecule has 0 radical (unpaired) electrons. The molecule has 0 bridgehead atoms. The zero-order chi connectivity index (χ0) is 14.3. The number of rotatable bonds is 7. The van der Waals surface area contributed by atoms with Crippen LogP contribution in [0, 0.1) is 0 Å². The Kier molecular flexibility index (Phi) is 9.84. The molecule has 1 aliphatic rings. The molecule has 116 valence electrons. The van der Waals surface area contributed by atoms with Gasteiger partial charge in [-0.05, 0) is 27.7 Å². The molecule has 9 heteroatoms. The summed E-state index contributed by atoms with van der Waals surface area (Å²) >= 11 is 1.50. The average molecular weight is 386 g/mol. The van der Waals surface area contributed by atoms with Crippen molar-refractivity contribution < 1.29 is 13.6 Å². The number of hydrogen-bond donors (Lipinski definition) is 0. The molecule has 0 atom stereocenters. The summed E-state index contributed by atoms with van der Waals surface area (Å²) in [5.74, 6) is 0.819. The van der Waals surface area contributed by atoms with Crippen molar-refractivity contribution >= 4 is 53.9 Å². The van der Waals surface area contributed by atoms with Gasteiger partial charge in [0, 0.05) is 18.2 Å². The maximum atomic E-state index is 12.4. The number of nitrogens with zero attached hydrogens (tertiary/aromatic N) is 3. The van der Waals surface area contributed by atoms with Crippen LogP contribution < -0.4 is 0 Å². The average Bonchev–Trinajstić information content (AvgIpc) is 2.74. The molecule has 1 rings (SSSR count). The summed E-state index contributed by atoms with van der Waals surface area (Å²) in [6, 6.07) is 0. The minimum Gasteiger partial charge on any atom is -0.306 e. The first-order valence-electron chi connectivity index (χ1n) is 6.12. The summed E-state index contributed by atoms with van der Waals surface area (Å²) in [6.07, 6.45) is 2.99. The van der Waals surface area contributed by atoms with Crippen LogP contribution in [0.2, 0.25) is 0 Å². The van der Waals surface area contributed by atoms with Crippen molar-refractivity contribution in [3.8, 4) is 0 Å². The fourth-order valence-electron chi connectivity index (χ4n) is 1.30. The minimum atomic E-state index is -3.16. The van der Waals surface area contributed by atoms with Crippen molar-refractivity contribution in [1.82, 2.24) is 0 Å². The lowest BCUT2D eigenvalue weighted by Crippen LogP contribution is -2.10. The number of amidine groups is 1. The summed E-state index contributed by atoms with van der Waals surface area (Å²) in [5.41, 5.74) is 0. The summed E-state index contributed by atoms with van der Waals surface area (Å²) in [7, 11) is -3.16. The predicted octanol–water partition coefficient (Wildman–Crippen LogP) is 3.77. The third-order valence-electron chi connectivity index (χ3n) is 1.76. The molecule has 0 fully saturated rings. The van der Waals surface area contributed by atoms with Gasteiger partial charge >= 0.3 is 7.60 Å². The molecule has 0 saturated carbocycles. The smallest absolute Gasteiger partial charge is 0.306 e. The fraction of sp³-hybridized carbons (Fsp3) is 0.727. The van der Waals surface area contributed by atoms with E-state index in [-0.39, 0.29) is 35.4 Å². The molecule has 20 heavy (non-hydrogen) atoms. The van der Waals surface area contributed by atoms with E-state index in [1.807, 2.05) is 27.7 Å². The number of hydrogen-bond acceptors (Lipinski definition) is 6. The van der Waals surface area contributed by atoms with E-state index in [1.54, 1.807) is 6.21 Å². The second-order valence-electron chi connectivity index (χ2n) is 4.41.